The van der Waals surface area contributed by atoms with Crippen molar-refractivity contribution in [2.45, 2.75) is 6.10 Å². The normalized spacial score (nSPS) is 15.1. The number of benzene rings is 1. The molecule has 6 heteroatoms. The summed E-state index contributed by atoms with van der Waals surface area (Å²) in [6.07, 6.45) is -0.813. The third-order valence-electron chi connectivity index (χ3n) is 2.27. The molecule has 6 nitrogen and oxygen atoms in total. The molecule has 1 unspecified atom stereocenters. The number of aliphatic hydroxyl groups is 1. The van der Waals surface area contributed by atoms with Gasteiger partial charge in [0.25, 0.3) is 0 Å². The van der Waals surface area contributed by atoms with Gasteiger partial charge < -0.3 is 14.6 Å². The predicted molar refractivity (Wildman–Crippen MR) is 56.4 cm³/mol. The monoisotopic (exact) mass is 221 g/mol. The first kappa shape index (κ1) is 10.6. The molecule has 0 saturated heterocycles. The maximum absolute atomic E-state index is 9.69. The van der Waals surface area contributed by atoms with E-state index >= 15 is 0 Å². The summed E-state index contributed by atoms with van der Waals surface area (Å²) in [5.74, 6) is 1.29. The minimum absolute atomic E-state index is 0.0101. The molecule has 1 aliphatic rings. The first-order chi connectivity index (χ1) is 7.81. The molecule has 16 heavy (non-hydrogen) atoms. The highest BCUT2D eigenvalue weighted by Crippen LogP contribution is 2.32. The second kappa shape index (κ2) is 4.74. The first-order valence-corrected chi connectivity index (χ1v) is 4.89. The van der Waals surface area contributed by atoms with Crippen LogP contribution in [0.1, 0.15) is 11.7 Å². The molecule has 1 aromatic carbocycles. The van der Waals surface area contributed by atoms with Gasteiger partial charge >= 0.3 is 0 Å². The summed E-state index contributed by atoms with van der Waals surface area (Å²) in [5, 5.41) is 13.0. The molecule has 1 aromatic rings. The fourth-order valence-corrected chi connectivity index (χ4v) is 1.49. The van der Waals surface area contributed by atoms with Crippen molar-refractivity contribution in [2.75, 3.05) is 19.8 Å². The van der Waals surface area contributed by atoms with Gasteiger partial charge in [-0.25, -0.2) is 0 Å². The molecule has 1 N–H and O–H groups in total. The number of ether oxygens (including phenoxy) is 2. The average molecular weight is 221 g/mol. The highest BCUT2D eigenvalue weighted by Gasteiger charge is 2.14. The fraction of sp³-hybridized carbons (Fsp3) is 0.400. The Kier molecular flexibility index (Phi) is 3.14. The summed E-state index contributed by atoms with van der Waals surface area (Å²) in [6.45, 7) is 1.05. The molecule has 0 aromatic heterocycles. The van der Waals surface area contributed by atoms with Gasteiger partial charge in [-0.3, -0.25) is 0 Å². The van der Waals surface area contributed by atoms with E-state index < -0.39 is 6.10 Å². The van der Waals surface area contributed by atoms with E-state index in [9.17, 15) is 5.11 Å². The van der Waals surface area contributed by atoms with Gasteiger partial charge in [0.05, 0.1) is 12.6 Å². The predicted octanol–water partition coefficient (Wildman–Crippen LogP) is 1.80. The number of hydrogen-bond donors (Lipinski definition) is 1. The minimum atomic E-state index is -0.813. The van der Waals surface area contributed by atoms with E-state index in [-0.39, 0.29) is 6.54 Å². The molecule has 0 saturated carbocycles. The molecule has 1 atom stereocenters. The summed E-state index contributed by atoms with van der Waals surface area (Å²) in [5.41, 5.74) is 8.81. The molecule has 0 bridgehead atoms. The highest BCUT2D eigenvalue weighted by atomic mass is 16.6. The Morgan fingerprint density at radius 3 is 2.88 bits per heavy atom. The lowest BCUT2D eigenvalue weighted by molar-refractivity contribution is 0.166. The van der Waals surface area contributed by atoms with E-state index in [0.717, 1.165) is 0 Å². The maximum Gasteiger partial charge on any atom is 0.161 e. The Morgan fingerprint density at radius 2 is 2.12 bits per heavy atom. The van der Waals surface area contributed by atoms with Crippen molar-refractivity contribution in [3.8, 4) is 11.5 Å². The molecular weight excluding hydrogens is 210 g/mol. The second-order valence-electron chi connectivity index (χ2n) is 3.33. The Balaban J connectivity index is 2.19. The quantitative estimate of drug-likeness (QED) is 0.479. The van der Waals surface area contributed by atoms with Crippen LogP contribution in [0.3, 0.4) is 0 Å². The van der Waals surface area contributed by atoms with E-state index in [2.05, 4.69) is 10.0 Å². The third kappa shape index (κ3) is 2.18. The number of rotatable bonds is 3. The van der Waals surface area contributed by atoms with Crippen molar-refractivity contribution >= 4 is 0 Å². The topological polar surface area (TPSA) is 87.5 Å². The number of fused-ring (bicyclic) bond motifs is 1. The molecule has 1 heterocycles. The van der Waals surface area contributed by atoms with Crippen molar-refractivity contribution in [3.63, 3.8) is 0 Å². The minimum Gasteiger partial charge on any atom is -0.486 e. The molecule has 0 fully saturated rings. The molecule has 1 aliphatic heterocycles. The van der Waals surface area contributed by atoms with Crippen LogP contribution < -0.4 is 9.47 Å². The molecule has 0 radical (unpaired) electrons. The number of hydrogen-bond acceptors (Lipinski definition) is 4. The Hall–Kier alpha value is -1.91. The van der Waals surface area contributed by atoms with E-state index in [1.807, 2.05) is 0 Å². The van der Waals surface area contributed by atoms with Crippen LogP contribution in [0.4, 0.5) is 0 Å². The van der Waals surface area contributed by atoms with Crippen LogP contribution in [0.15, 0.2) is 23.3 Å². The van der Waals surface area contributed by atoms with E-state index in [1.165, 1.54) is 0 Å². The van der Waals surface area contributed by atoms with Gasteiger partial charge in [-0.15, -0.1) is 0 Å². The zero-order chi connectivity index (χ0) is 11.4. The largest absolute Gasteiger partial charge is 0.486 e. The van der Waals surface area contributed by atoms with Crippen LogP contribution in [0.25, 0.3) is 10.4 Å². The van der Waals surface area contributed by atoms with Crippen LogP contribution in [-0.4, -0.2) is 24.9 Å². The van der Waals surface area contributed by atoms with Gasteiger partial charge in [0.2, 0.25) is 0 Å². The average Bonchev–Trinajstić information content (AvgIpc) is 2.35. The summed E-state index contributed by atoms with van der Waals surface area (Å²) in [7, 11) is 0. The maximum atomic E-state index is 9.69. The SMILES string of the molecule is [N-]=[N+]=NCC(O)c1ccc2c(c1)OCCO2. The molecular formula is C10H11N3O3. The summed E-state index contributed by atoms with van der Waals surface area (Å²) >= 11 is 0. The standard InChI is InChI=1S/C10H11N3O3/c11-13-12-6-8(14)7-1-2-9-10(5-7)16-4-3-15-9/h1-2,5,8,14H,3-4,6H2. The van der Waals surface area contributed by atoms with Crippen molar-refractivity contribution in [2.24, 2.45) is 5.11 Å². The highest BCUT2D eigenvalue weighted by molar-refractivity contribution is 5.44. The van der Waals surface area contributed by atoms with Gasteiger partial charge in [-0.1, -0.05) is 11.2 Å². The summed E-state index contributed by atoms with van der Waals surface area (Å²) in [6, 6.07) is 5.17. The van der Waals surface area contributed by atoms with Crippen LogP contribution in [-0.2, 0) is 0 Å². The molecule has 0 aliphatic carbocycles. The molecule has 84 valence electrons. The fourth-order valence-electron chi connectivity index (χ4n) is 1.49. The Morgan fingerprint density at radius 1 is 1.38 bits per heavy atom. The van der Waals surface area contributed by atoms with Gasteiger partial charge in [0.1, 0.15) is 13.2 Å². The first-order valence-electron chi connectivity index (χ1n) is 4.89. The lowest BCUT2D eigenvalue weighted by atomic mass is 10.1. The molecule has 0 spiro atoms. The van der Waals surface area contributed by atoms with Crippen molar-refractivity contribution < 1.29 is 14.6 Å². The second-order valence-corrected chi connectivity index (χ2v) is 3.33. The third-order valence-corrected chi connectivity index (χ3v) is 2.27. The van der Waals surface area contributed by atoms with Crippen LogP contribution in [0.2, 0.25) is 0 Å². The zero-order valence-electron chi connectivity index (χ0n) is 8.54. The van der Waals surface area contributed by atoms with E-state index in [1.54, 1.807) is 18.2 Å². The van der Waals surface area contributed by atoms with Gasteiger partial charge in [0.15, 0.2) is 11.5 Å². The number of azide groups is 1. The van der Waals surface area contributed by atoms with Crippen LogP contribution in [0, 0.1) is 0 Å². The van der Waals surface area contributed by atoms with Gasteiger partial charge in [-0.2, -0.15) is 0 Å². The number of aliphatic hydroxyl groups excluding tert-OH is 1. The van der Waals surface area contributed by atoms with E-state index in [4.69, 9.17) is 15.0 Å². The lowest BCUT2D eigenvalue weighted by Gasteiger charge is -2.19. The Bertz CT molecular complexity index is 429. The van der Waals surface area contributed by atoms with Crippen LogP contribution >= 0.6 is 0 Å². The summed E-state index contributed by atoms with van der Waals surface area (Å²) in [4.78, 5) is 2.60. The summed E-state index contributed by atoms with van der Waals surface area (Å²) < 4.78 is 10.7. The zero-order valence-corrected chi connectivity index (χ0v) is 8.54. The number of nitrogens with zero attached hydrogens (tertiary/aromatic N) is 3. The van der Waals surface area contributed by atoms with Crippen molar-refractivity contribution in [1.29, 1.82) is 0 Å². The van der Waals surface area contributed by atoms with Crippen LogP contribution in [0.5, 0.6) is 11.5 Å². The van der Waals surface area contributed by atoms with Gasteiger partial charge in [0, 0.05) is 4.91 Å². The molecule has 0 amide bonds. The van der Waals surface area contributed by atoms with Gasteiger partial charge in [-0.05, 0) is 23.2 Å². The van der Waals surface area contributed by atoms with Crippen molar-refractivity contribution in [1.82, 2.24) is 0 Å². The molecule has 2 rings (SSSR count). The van der Waals surface area contributed by atoms with Crippen molar-refractivity contribution in [3.05, 3.63) is 34.2 Å². The van der Waals surface area contributed by atoms with E-state index in [0.29, 0.717) is 30.3 Å². The Labute approximate surface area is 92.0 Å². The smallest absolute Gasteiger partial charge is 0.161 e. The lowest BCUT2D eigenvalue weighted by Crippen LogP contribution is -2.15.